The number of hydrogen-bond donors (Lipinski definition) is 2. The number of aryl methyl sites for hydroxylation is 1. The number of carbonyl (C=O) groups is 1. The third-order valence-corrected chi connectivity index (χ3v) is 2.70. The van der Waals surface area contributed by atoms with Crippen LogP contribution in [0.4, 0.5) is 0 Å². The Morgan fingerprint density at radius 1 is 1.26 bits per heavy atom. The second-order valence-electron chi connectivity index (χ2n) is 4.21. The summed E-state index contributed by atoms with van der Waals surface area (Å²) in [6.07, 6.45) is 3.31. The topological polar surface area (TPSA) is 75.1 Å². The fourth-order valence-corrected chi connectivity index (χ4v) is 1.71. The van der Waals surface area contributed by atoms with Crippen LogP contribution in [0.25, 0.3) is 0 Å². The highest BCUT2D eigenvalue weighted by atomic mass is 16.4. The van der Waals surface area contributed by atoms with Gasteiger partial charge in [-0.1, -0.05) is 30.3 Å². The van der Waals surface area contributed by atoms with Crippen LogP contribution in [-0.4, -0.2) is 21.0 Å². The zero-order valence-electron chi connectivity index (χ0n) is 10.6. The smallest absolute Gasteiger partial charge is 0.325 e. The zero-order chi connectivity index (χ0) is 13.7. The second kappa shape index (κ2) is 6.06. The maximum atomic E-state index is 11.3. The first kappa shape index (κ1) is 13.2. The highest BCUT2D eigenvalue weighted by Crippen LogP contribution is 2.13. The molecule has 2 N–H and O–H groups in total. The van der Waals surface area contributed by atoms with Gasteiger partial charge in [0.15, 0.2) is 0 Å². The normalized spacial score (nSPS) is 12.1. The van der Waals surface area contributed by atoms with Crippen LogP contribution in [0.15, 0.2) is 42.7 Å². The number of carboxylic acids is 1. The SMILES string of the molecule is Cc1cnc(CNC(C(=O)O)c2ccccc2)cn1. The van der Waals surface area contributed by atoms with Crippen molar-refractivity contribution in [1.82, 2.24) is 15.3 Å². The van der Waals surface area contributed by atoms with Crippen molar-refractivity contribution in [3.8, 4) is 0 Å². The third kappa shape index (κ3) is 3.59. The van der Waals surface area contributed by atoms with E-state index in [1.165, 1.54) is 0 Å². The van der Waals surface area contributed by atoms with Gasteiger partial charge >= 0.3 is 5.97 Å². The van der Waals surface area contributed by atoms with Crippen LogP contribution in [0, 0.1) is 6.92 Å². The standard InChI is InChI=1S/C14H15N3O2/c1-10-7-16-12(8-15-10)9-17-13(14(18)19)11-5-3-2-4-6-11/h2-8,13,17H,9H2,1H3,(H,18,19). The molecule has 0 spiro atoms. The predicted octanol–water partition coefficient (Wildman–Crippen LogP) is 1.70. The summed E-state index contributed by atoms with van der Waals surface area (Å²) in [5.74, 6) is -0.911. The summed E-state index contributed by atoms with van der Waals surface area (Å²) in [5, 5.41) is 12.2. The van der Waals surface area contributed by atoms with Gasteiger partial charge < -0.3 is 5.11 Å². The van der Waals surface area contributed by atoms with E-state index in [1.54, 1.807) is 24.5 Å². The minimum atomic E-state index is -0.911. The summed E-state index contributed by atoms with van der Waals surface area (Å²) in [4.78, 5) is 19.6. The van der Waals surface area contributed by atoms with Gasteiger partial charge in [-0.3, -0.25) is 20.1 Å². The van der Waals surface area contributed by atoms with Crippen LogP contribution < -0.4 is 5.32 Å². The van der Waals surface area contributed by atoms with Crippen LogP contribution in [0.1, 0.15) is 23.0 Å². The molecule has 1 atom stereocenters. The van der Waals surface area contributed by atoms with Crippen molar-refractivity contribution in [3.63, 3.8) is 0 Å². The number of carboxylic acid groups (broad SMARTS) is 1. The number of rotatable bonds is 5. The first-order valence-electron chi connectivity index (χ1n) is 5.95. The first-order valence-corrected chi connectivity index (χ1v) is 5.95. The van der Waals surface area contributed by atoms with Gasteiger partial charge in [0.25, 0.3) is 0 Å². The van der Waals surface area contributed by atoms with Crippen LogP contribution >= 0.6 is 0 Å². The van der Waals surface area contributed by atoms with Gasteiger partial charge in [0.2, 0.25) is 0 Å². The van der Waals surface area contributed by atoms with Crippen molar-refractivity contribution in [2.75, 3.05) is 0 Å². The summed E-state index contributed by atoms with van der Waals surface area (Å²) in [6, 6.07) is 8.31. The van der Waals surface area contributed by atoms with Gasteiger partial charge in [0.05, 0.1) is 11.4 Å². The van der Waals surface area contributed by atoms with Gasteiger partial charge in [-0.2, -0.15) is 0 Å². The van der Waals surface area contributed by atoms with Crippen molar-refractivity contribution in [2.24, 2.45) is 0 Å². The molecule has 1 unspecified atom stereocenters. The molecule has 2 rings (SSSR count). The van der Waals surface area contributed by atoms with Crippen LogP contribution in [0.3, 0.4) is 0 Å². The molecule has 1 heterocycles. The molecule has 0 amide bonds. The molecule has 0 radical (unpaired) electrons. The van der Waals surface area contributed by atoms with Gasteiger partial charge in [-0.25, -0.2) is 0 Å². The highest BCUT2D eigenvalue weighted by Gasteiger charge is 2.18. The summed E-state index contributed by atoms with van der Waals surface area (Å²) in [5.41, 5.74) is 2.27. The number of aromatic nitrogens is 2. The van der Waals surface area contributed by atoms with Crippen LogP contribution in [-0.2, 0) is 11.3 Å². The Bertz CT molecular complexity index is 540. The summed E-state index contributed by atoms with van der Waals surface area (Å²) in [7, 11) is 0. The Morgan fingerprint density at radius 2 is 2.00 bits per heavy atom. The fourth-order valence-electron chi connectivity index (χ4n) is 1.71. The molecule has 0 fully saturated rings. The number of aliphatic carboxylic acids is 1. The molecule has 5 nitrogen and oxygen atoms in total. The Labute approximate surface area is 111 Å². The number of nitrogens with one attached hydrogen (secondary N) is 1. The molecule has 19 heavy (non-hydrogen) atoms. The summed E-state index contributed by atoms with van der Waals surface area (Å²) < 4.78 is 0. The first-order chi connectivity index (χ1) is 9.16. The lowest BCUT2D eigenvalue weighted by atomic mass is 10.1. The van der Waals surface area contributed by atoms with Gasteiger partial charge in [-0.15, -0.1) is 0 Å². The van der Waals surface area contributed by atoms with E-state index in [4.69, 9.17) is 0 Å². The second-order valence-corrected chi connectivity index (χ2v) is 4.21. The fraction of sp³-hybridized carbons (Fsp3) is 0.214. The Hall–Kier alpha value is -2.27. The van der Waals surface area contributed by atoms with E-state index in [0.29, 0.717) is 12.2 Å². The average molecular weight is 257 g/mol. The van der Waals surface area contributed by atoms with Gasteiger partial charge in [0.1, 0.15) is 6.04 Å². The van der Waals surface area contributed by atoms with E-state index in [1.807, 2.05) is 25.1 Å². The molecule has 0 saturated heterocycles. The molecule has 2 aromatic rings. The molecule has 1 aromatic carbocycles. The maximum absolute atomic E-state index is 11.3. The Balaban J connectivity index is 2.06. The van der Waals surface area contributed by atoms with Crippen LogP contribution in [0.2, 0.25) is 0 Å². The summed E-state index contributed by atoms with van der Waals surface area (Å²) >= 11 is 0. The Morgan fingerprint density at radius 3 is 2.58 bits per heavy atom. The van der Waals surface area contributed by atoms with E-state index in [9.17, 15) is 9.90 Å². The van der Waals surface area contributed by atoms with E-state index in [2.05, 4.69) is 15.3 Å². The number of benzene rings is 1. The number of hydrogen-bond acceptors (Lipinski definition) is 4. The minimum absolute atomic E-state index is 0.360. The summed E-state index contributed by atoms with van der Waals surface area (Å²) in [6.45, 7) is 2.22. The zero-order valence-corrected chi connectivity index (χ0v) is 10.6. The van der Waals surface area contributed by atoms with Crippen LogP contribution in [0.5, 0.6) is 0 Å². The van der Waals surface area contributed by atoms with Crippen molar-refractivity contribution < 1.29 is 9.90 Å². The van der Waals surface area contributed by atoms with E-state index in [-0.39, 0.29) is 0 Å². The minimum Gasteiger partial charge on any atom is -0.480 e. The molecule has 0 aliphatic rings. The van der Waals surface area contributed by atoms with Crippen molar-refractivity contribution in [3.05, 3.63) is 59.7 Å². The molecular weight excluding hydrogens is 242 g/mol. The Kier molecular flexibility index (Phi) is 4.20. The molecule has 0 saturated carbocycles. The lowest BCUT2D eigenvalue weighted by Gasteiger charge is -2.14. The van der Waals surface area contributed by atoms with E-state index in [0.717, 1.165) is 11.3 Å². The van der Waals surface area contributed by atoms with E-state index < -0.39 is 12.0 Å². The molecular formula is C14H15N3O2. The molecule has 0 aliphatic heterocycles. The average Bonchev–Trinajstić information content (AvgIpc) is 2.42. The lowest BCUT2D eigenvalue weighted by Crippen LogP contribution is -2.28. The monoisotopic (exact) mass is 257 g/mol. The quantitative estimate of drug-likeness (QED) is 0.852. The molecule has 98 valence electrons. The third-order valence-electron chi connectivity index (χ3n) is 2.70. The van der Waals surface area contributed by atoms with Gasteiger partial charge in [-0.05, 0) is 12.5 Å². The van der Waals surface area contributed by atoms with Crippen molar-refractivity contribution in [1.29, 1.82) is 0 Å². The van der Waals surface area contributed by atoms with Gasteiger partial charge in [0, 0.05) is 18.9 Å². The molecule has 5 heteroatoms. The van der Waals surface area contributed by atoms with Crippen molar-refractivity contribution >= 4 is 5.97 Å². The lowest BCUT2D eigenvalue weighted by molar-refractivity contribution is -0.139. The molecule has 0 aliphatic carbocycles. The van der Waals surface area contributed by atoms with E-state index >= 15 is 0 Å². The largest absolute Gasteiger partial charge is 0.480 e. The maximum Gasteiger partial charge on any atom is 0.325 e. The predicted molar refractivity (Wildman–Crippen MR) is 70.4 cm³/mol. The molecule has 0 bridgehead atoms. The number of nitrogens with zero attached hydrogens (tertiary/aromatic N) is 2. The highest BCUT2D eigenvalue weighted by molar-refractivity contribution is 5.75. The van der Waals surface area contributed by atoms with Crippen molar-refractivity contribution in [2.45, 2.75) is 19.5 Å². The molecule has 1 aromatic heterocycles.